The molecular weight excluding hydrogens is 363 g/mol. The first-order valence-electron chi connectivity index (χ1n) is 9.18. The van der Waals surface area contributed by atoms with Crippen LogP contribution in [0, 0.1) is 12.7 Å². The fourth-order valence-electron chi connectivity index (χ4n) is 2.55. The summed E-state index contributed by atoms with van der Waals surface area (Å²) in [6.07, 6.45) is 0.839. The molecule has 1 aromatic carbocycles. The molecule has 0 fully saturated rings. The maximum Gasteiger partial charge on any atom is 0.192 e. The third-order valence-corrected chi connectivity index (χ3v) is 4.41. The van der Waals surface area contributed by atoms with E-state index in [1.165, 1.54) is 13.2 Å². The summed E-state index contributed by atoms with van der Waals surface area (Å²) in [5, 5.41) is 14.8. The zero-order chi connectivity index (χ0) is 20.5. The van der Waals surface area contributed by atoms with Gasteiger partial charge < -0.3 is 24.7 Å². The van der Waals surface area contributed by atoms with Gasteiger partial charge >= 0.3 is 0 Å². The molecule has 1 atom stereocenters. The van der Waals surface area contributed by atoms with Crippen LogP contribution >= 0.6 is 0 Å². The Bertz CT molecular complexity index is 793. The number of ether oxygens (including phenoxy) is 2. The first-order chi connectivity index (χ1) is 13.5. The van der Waals surface area contributed by atoms with Crippen LogP contribution in [0.3, 0.4) is 0 Å². The number of hydrogen-bond acceptors (Lipinski definition) is 5. The molecule has 9 heteroatoms. The number of rotatable bonds is 9. The Morgan fingerprint density at radius 1 is 1.32 bits per heavy atom. The largest absolute Gasteiger partial charge is 0.494 e. The van der Waals surface area contributed by atoms with Crippen LogP contribution in [0.4, 0.5) is 4.39 Å². The minimum Gasteiger partial charge on any atom is -0.494 e. The van der Waals surface area contributed by atoms with Crippen molar-refractivity contribution < 1.29 is 13.9 Å². The lowest BCUT2D eigenvalue weighted by Gasteiger charge is -2.19. The van der Waals surface area contributed by atoms with Gasteiger partial charge in [0.05, 0.1) is 13.2 Å². The summed E-state index contributed by atoms with van der Waals surface area (Å²) >= 11 is 0. The van der Waals surface area contributed by atoms with Gasteiger partial charge in [-0.2, -0.15) is 0 Å². The molecule has 0 spiro atoms. The Hall–Kier alpha value is -2.68. The average molecular weight is 392 g/mol. The van der Waals surface area contributed by atoms with Crippen molar-refractivity contribution in [3.63, 3.8) is 0 Å². The zero-order valence-corrected chi connectivity index (χ0v) is 17.1. The Kier molecular flexibility index (Phi) is 8.19. The maximum absolute atomic E-state index is 14.0. The highest BCUT2D eigenvalue weighted by atomic mass is 19.1. The molecule has 0 aliphatic rings. The molecule has 0 radical (unpaired) electrons. The number of nitrogens with zero attached hydrogens (tertiary/aromatic N) is 4. The van der Waals surface area contributed by atoms with Crippen molar-refractivity contribution in [2.24, 2.45) is 12.0 Å². The van der Waals surface area contributed by atoms with E-state index in [2.05, 4.69) is 25.8 Å². The third kappa shape index (κ3) is 5.91. The molecule has 0 amide bonds. The summed E-state index contributed by atoms with van der Waals surface area (Å²) in [5.74, 6) is 2.03. The van der Waals surface area contributed by atoms with Crippen molar-refractivity contribution in [2.75, 3.05) is 27.4 Å². The molecule has 154 valence electrons. The molecule has 8 nitrogen and oxygen atoms in total. The molecule has 0 saturated carbocycles. The minimum absolute atomic E-state index is 0.157. The standard InChI is InChI=1S/C19H29FN6O2/c1-13(15-7-8-17(28-5)16(20)11-15)23-19(21-9-6-10-27-4)22-12-18-25-24-14(2)26(18)3/h7-8,11,13H,6,9-10,12H2,1-5H3,(H2,21,22,23). The summed E-state index contributed by atoms with van der Waals surface area (Å²) in [4.78, 5) is 4.60. The van der Waals surface area contributed by atoms with Crippen LogP contribution in [0.2, 0.25) is 0 Å². The van der Waals surface area contributed by atoms with E-state index in [0.717, 1.165) is 23.6 Å². The van der Waals surface area contributed by atoms with E-state index in [1.807, 2.05) is 31.5 Å². The highest BCUT2D eigenvalue weighted by Gasteiger charge is 2.12. The number of guanidine groups is 1. The number of nitrogens with one attached hydrogen (secondary N) is 2. The Morgan fingerprint density at radius 3 is 2.71 bits per heavy atom. The van der Waals surface area contributed by atoms with Crippen LogP contribution in [0.25, 0.3) is 0 Å². The van der Waals surface area contributed by atoms with Crippen molar-refractivity contribution in [1.82, 2.24) is 25.4 Å². The summed E-state index contributed by atoms with van der Waals surface area (Å²) in [5.41, 5.74) is 0.791. The van der Waals surface area contributed by atoms with E-state index < -0.39 is 5.82 Å². The summed E-state index contributed by atoms with van der Waals surface area (Å²) in [6.45, 7) is 5.56. The van der Waals surface area contributed by atoms with Gasteiger partial charge in [-0.25, -0.2) is 9.38 Å². The second kappa shape index (κ2) is 10.6. The average Bonchev–Trinajstić information content (AvgIpc) is 3.01. The number of halogens is 1. The van der Waals surface area contributed by atoms with Crippen LogP contribution in [0.5, 0.6) is 5.75 Å². The normalized spacial score (nSPS) is 12.7. The van der Waals surface area contributed by atoms with E-state index in [-0.39, 0.29) is 11.8 Å². The topological polar surface area (TPSA) is 85.6 Å². The zero-order valence-electron chi connectivity index (χ0n) is 17.1. The lowest BCUT2D eigenvalue weighted by atomic mass is 10.1. The van der Waals surface area contributed by atoms with Gasteiger partial charge in [0.25, 0.3) is 0 Å². The van der Waals surface area contributed by atoms with E-state index in [0.29, 0.717) is 25.7 Å². The first kappa shape index (κ1) is 21.6. The first-order valence-corrected chi connectivity index (χ1v) is 9.18. The highest BCUT2D eigenvalue weighted by Crippen LogP contribution is 2.21. The van der Waals surface area contributed by atoms with Crippen LogP contribution in [0.15, 0.2) is 23.2 Å². The van der Waals surface area contributed by atoms with Crippen molar-refractivity contribution in [3.8, 4) is 5.75 Å². The number of hydrogen-bond donors (Lipinski definition) is 2. The van der Waals surface area contributed by atoms with Gasteiger partial charge in [-0.15, -0.1) is 10.2 Å². The lowest BCUT2D eigenvalue weighted by molar-refractivity contribution is 0.195. The third-order valence-electron chi connectivity index (χ3n) is 4.41. The van der Waals surface area contributed by atoms with E-state index >= 15 is 0 Å². The summed E-state index contributed by atoms with van der Waals surface area (Å²) < 4.78 is 26.0. The molecule has 2 N–H and O–H groups in total. The molecule has 0 bridgehead atoms. The molecule has 2 aromatic rings. The maximum atomic E-state index is 14.0. The Morgan fingerprint density at radius 2 is 2.11 bits per heavy atom. The number of benzene rings is 1. The number of aryl methyl sites for hydroxylation is 1. The SMILES string of the molecule is COCCCNC(=NCc1nnc(C)n1C)NC(C)c1ccc(OC)c(F)c1. The molecule has 0 aliphatic heterocycles. The lowest BCUT2D eigenvalue weighted by Crippen LogP contribution is -2.39. The predicted molar refractivity (Wildman–Crippen MR) is 106 cm³/mol. The highest BCUT2D eigenvalue weighted by molar-refractivity contribution is 5.80. The van der Waals surface area contributed by atoms with E-state index in [1.54, 1.807) is 13.2 Å². The van der Waals surface area contributed by atoms with Crippen LogP contribution in [-0.4, -0.2) is 48.1 Å². The predicted octanol–water partition coefficient (Wildman–Crippen LogP) is 2.10. The smallest absolute Gasteiger partial charge is 0.192 e. The fraction of sp³-hybridized carbons (Fsp3) is 0.526. The molecular formula is C19H29FN6O2. The van der Waals surface area contributed by atoms with E-state index in [9.17, 15) is 4.39 Å². The van der Waals surface area contributed by atoms with Crippen molar-refractivity contribution in [3.05, 3.63) is 41.2 Å². The Labute approximate surface area is 165 Å². The quantitative estimate of drug-likeness (QED) is 0.386. The summed E-state index contributed by atoms with van der Waals surface area (Å²) in [6, 6.07) is 4.75. The monoisotopic (exact) mass is 392 g/mol. The van der Waals surface area contributed by atoms with Crippen molar-refractivity contribution in [1.29, 1.82) is 0 Å². The van der Waals surface area contributed by atoms with E-state index in [4.69, 9.17) is 9.47 Å². The van der Waals surface area contributed by atoms with Gasteiger partial charge in [0, 0.05) is 27.3 Å². The van der Waals surface area contributed by atoms with Gasteiger partial charge in [-0.05, 0) is 38.0 Å². The van der Waals surface area contributed by atoms with Crippen LogP contribution < -0.4 is 15.4 Å². The second-order valence-electron chi connectivity index (χ2n) is 6.42. The van der Waals surface area contributed by atoms with Crippen molar-refractivity contribution in [2.45, 2.75) is 32.9 Å². The molecule has 1 unspecified atom stereocenters. The number of aliphatic imine (C=N–C) groups is 1. The van der Waals surface area contributed by atoms with Gasteiger partial charge in [-0.1, -0.05) is 6.07 Å². The molecule has 0 saturated heterocycles. The molecule has 0 aliphatic carbocycles. The van der Waals surface area contributed by atoms with Crippen LogP contribution in [-0.2, 0) is 18.3 Å². The molecule has 2 rings (SSSR count). The van der Waals surface area contributed by atoms with Crippen molar-refractivity contribution >= 4 is 5.96 Å². The molecule has 1 heterocycles. The van der Waals surface area contributed by atoms with Crippen LogP contribution in [0.1, 0.15) is 36.6 Å². The molecule has 1 aromatic heterocycles. The number of aromatic nitrogens is 3. The van der Waals surface area contributed by atoms with Gasteiger partial charge in [0.1, 0.15) is 12.4 Å². The fourth-order valence-corrected chi connectivity index (χ4v) is 2.55. The van der Waals surface area contributed by atoms with Gasteiger partial charge in [0.2, 0.25) is 0 Å². The van der Waals surface area contributed by atoms with Gasteiger partial charge in [-0.3, -0.25) is 0 Å². The molecule has 28 heavy (non-hydrogen) atoms. The second-order valence-corrected chi connectivity index (χ2v) is 6.42. The Balaban J connectivity index is 2.10. The minimum atomic E-state index is -0.394. The summed E-state index contributed by atoms with van der Waals surface area (Å²) in [7, 11) is 5.02. The van der Waals surface area contributed by atoms with Gasteiger partial charge in [0.15, 0.2) is 23.4 Å². The number of methoxy groups -OCH3 is 2.